The van der Waals surface area contributed by atoms with Crippen molar-refractivity contribution in [1.82, 2.24) is 5.32 Å². The second-order valence-corrected chi connectivity index (χ2v) is 5.44. The van der Waals surface area contributed by atoms with Gasteiger partial charge in [-0.25, -0.2) is 4.79 Å². The van der Waals surface area contributed by atoms with Gasteiger partial charge in [0.15, 0.2) is 0 Å². The first-order valence-corrected chi connectivity index (χ1v) is 7.18. The normalized spacial score (nSPS) is 11.8. The molecule has 2 aromatic rings. The molecule has 0 spiro atoms. The maximum Gasteiger partial charge on any atom is 0.319 e. The van der Waals surface area contributed by atoms with Gasteiger partial charge in [-0.3, -0.25) is 0 Å². The molecule has 3 heteroatoms. The highest BCUT2D eigenvalue weighted by molar-refractivity contribution is 5.91. The number of nitrogens with one attached hydrogen (secondary N) is 2. The second-order valence-electron chi connectivity index (χ2n) is 5.44. The molecule has 1 atom stereocenters. The molecule has 0 bridgehead atoms. The van der Waals surface area contributed by atoms with Crippen LogP contribution in [0.3, 0.4) is 0 Å². The van der Waals surface area contributed by atoms with Crippen LogP contribution in [0.15, 0.2) is 42.5 Å². The topological polar surface area (TPSA) is 41.1 Å². The third-order valence-corrected chi connectivity index (χ3v) is 3.72. The molecule has 110 valence electrons. The lowest BCUT2D eigenvalue weighted by molar-refractivity contribution is 0.249. The summed E-state index contributed by atoms with van der Waals surface area (Å²) in [5.74, 6) is 0. The lowest BCUT2D eigenvalue weighted by Crippen LogP contribution is -2.32. The maximum absolute atomic E-state index is 12.2. The molecule has 3 nitrogen and oxygen atoms in total. The Hall–Kier alpha value is -2.29. The summed E-state index contributed by atoms with van der Waals surface area (Å²) in [6.07, 6.45) is 0. The number of rotatable bonds is 3. The van der Waals surface area contributed by atoms with Crippen molar-refractivity contribution in [2.45, 2.75) is 33.7 Å². The average molecular weight is 282 g/mol. The minimum absolute atomic E-state index is 0.0319. The van der Waals surface area contributed by atoms with Gasteiger partial charge in [0.05, 0.1) is 6.04 Å². The number of hydrogen-bond donors (Lipinski definition) is 2. The zero-order valence-corrected chi connectivity index (χ0v) is 13.0. The Labute approximate surface area is 126 Å². The van der Waals surface area contributed by atoms with Crippen LogP contribution in [0, 0.1) is 20.8 Å². The zero-order chi connectivity index (χ0) is 15.4. The van der Waals surface area contributed by atoms with Crippen LogP contribution in [0.4, 0.5) is 10.5 Å². The van der Waals surface area contributed by atoms with Gasteiger partial charge in [0.2, 0.25) is 0 Å². The van der Waals surface area contributed by atoms with Gasteiger partial charge in [-0.2, -0.15) is 0 Å². The van der Waals surface area contributed by atoms with E-state index < -0.39 is 0 Å². The van der Waals surface area contributed by atoms with Crippen LogP contribution >= 0.6 is 0 Å². The quantitative estimate of drug-likeness (QED) is 0.855. The van der Waals surface area contributed by atoms with Gasteiger partial charge >= 0.3 is 6.03 Å². The van der Waals surface area contributed by atoms with E-state index in [9.17, 15) is 4.79 Å². The molecule has 2 amide bonds. The predicted molar refractivity (Wildman–Crippen MR) is 87.7 cm³/mol. The van der Waals surface area contributed by atoms with Crippen LogP contribution in [0.2, 0.25) is 0 Å². The summed E-state index contributed by atoms with van der Waals surface area (Å²) in [6, 6.07) is 13.9. The van der Waals surface area contributed by atoms with E-state index in [1.165, 1.54) is 5.56 Å². The highest BCUT2D eigenvalue weighted by Gasteiger charge is 2.12. The summed E-state index contributed by atoms with van der Waals surface area (Å²) in [7, 11) is 0. The van der Waals surface area contributed by atoms with Crippen molar-refractivity contribution in [1.29, 1.82) is 0 Å². The van der Waals surface area contributed by atoms with Crippen molar-refractivity contribution >= 4 is 11.7 Å². The number of urea groups is 1. The fraction of sp³-hybridized carbons (Fsp3) is 0.278. The lowest BCUT2D eigenvalue weighted by Gasteiger charge is -2.18. The molecule has 2 aromatic carbocycles. The van der Waals surface area contributed by atoms with Crippen LogP contribution in [0.5, 0.6) is 0 Å². The third kappa shape index (κ3) is 3.63. The Morgan fingerprint density at radius 3 is 2.10 bits per heavy atom. The summed E-state index contributed by atoms with van der Waals surface area (Å²) < 4.78 is 0. The van der Waals surface area contributed by atoms with Crippen molar-refractivity contribution in [2.24, 2.45) is 0 Å². The van der Waals surface area contributed by atoms with Crippen molar-refractivity contribution in [3.05, 3.63) is 64.7 Å². The first-order valence-electron chi connectivity index (χ1n) is 7.18. The smallest absolute Gasteiger partial charge is 0.319 e. The molecule has 0 heterocycles. The van der Waals surface area contributed by atoms with E-state index in [0.29, 0.717) is 0 Å². The van der Waals surface area contributed by atoms with E-state index in [0.717, 1.165) is 22.4 Å². The van der Waals surface area contributed by atoms with E-state index in [1.54, 1.807) is 0 Å². The number of benzene rings is 2. The molecule has 21 heavy (non-hydrogen) atoms. The molecule has 0 aliphatic rings. The van der Waals surface area contributed by atoms with Crippen LogP contribution in [-0.4, -0.2) is 6.03 Å². The first kappa shape index (κ1) is 15.1. The van der Waals surface area contributed by atoms with Crippen molar-refractivity contribution < 1.29 is 4.79 Å². The van der Waals surface area contributed by atoms with Gasteiger partial charge in [0.1, 0.15) is 0 Å². The molecule has 2 N–H and O–H groups in total. The summed E-state index contributed by atoms with van der Waals surface area (Å²) in [4.78, 5) is 12.2. The van der Waals surface area contributed by atoms with Crippen LogP contribution < -0.4 is 10.6 Å². The first-order chi connectivity index (χ1) is 9.99. The minimum Gasteiger partial charge on any atom is -0.331 e. The van der Waals surface area contributed by atoms with Gasteiger partial charge in [0, 0.05) is 5.69 Å². The SMILES string of the molecule is Cc1ccccc1C(C)NC(=O)Nc1c(C)cccc1C. The standard InChI is InChI=1S/C18H22N2O/c1-12-8-5-6-11-16(12)15(4)19-18(21)20-17-13(2)9-7-10-14(17)3/h5-11,15H,1-4H3,(H2,19,20,21). The molecule has 2 rings (SSSR count). The van der Waals surface area contributed by atoms with E-state index in [4.69, 9.17) is 0 Å². The number of carbonyl (C=O) groups excluding carboxylic acids is 1. The van der Waals surface area contributed by atoms with Gasteiger partial charge in [-0.1, -0.05) is 42.5 Å². The molecule has 0 aliphatic heterocycles. The Balaban J connectivity index is 2.07. The number of amides is 2. The summed E-state index contributed by atoms with van der Waals surface area (Å²) in [5.41, 5.74) is 5.32. The zero-order valence-electron chi connectivity index (χ0n) is 13.0. The minimum atomic E-state index is -0.178. The van der Waals surface area contributed by atoms with E-state index in [2.05, 4.69) is 23.6 Å². The fourth-order valence-electron chi connectivity index (χ4n) is 2.51. The largest absolute Gasteiger partial charge is 0.331 e. The van der Waals surface area contributed by atoms with Gasteiger partial charge in [-0.15, -0.1) is 0 Å². The number of carbonyl (C=O) groups is 1. The van der Waals surface area contributed by atoms with Gasteiger partial charge < -0.3 is 10.6 Å². The molecule has 0 radical (unpaired) electrons. The molecule has 0 saturated heterocycles. The third-order valence-electron chi connectivity index (χ3n) is 3.72. The number of anilines is 1. The molecular formula is C18H22N2O. The molecule has 0 aromatic heterocycles. The Kier molecular flexibility index (Phi) is 4.63. The number of hydrogen-bond acceptors (Lipinski definition) is 1. The summed E-state index contributed by atoms with van der Waals surface area (Å²) >= 11 is 0. The molecule has 0 aliphatic carbocycles. The van der Waals surface area contributed by atoms with Crippen LogP contribution in [0.1, 0.15) is 35.2 Å². The summed E-state index contributed by atoms with van der Waals surface area (Å²) in [6.45, 7) is 8.03. The van der Waals surface area contributed by atoms with E-state index in [-0.39, 0.29) is 12.1 Å². The second kappa shape index (κ2) is 6.44. The molecule has 0 fully saturated rings. The van der Waals surface area contributed by atoms with E-state index in [1.807, 2.05) is 57.2 Å². The Morgan fingerprint density at radius 2 is 1.48 bits per heavy atom. The monoisotopic (exact) mass is 282 g/mol. The van der Waals surface area contributed by atoms with Crippen molar-refractivity contribution in [3.63, 3.8) is 0 Å². The van der Waals surface area contributed by atoms with Gasteiger partial charge in [0.25, 0.3) is 0 Å². The van der Waals surface area contributed by atoms with Crippen LogP contribution in [-0.2, 0) is 0 Å². The highest BCUT2D eigenvalue weighted by atomic mass is 16.2. The average Bonchev–Trinajstić information content (AvgIpc) is 2.43. The fourth-order valence-corrected chi connectivity index (χ4v) is 2.51. The maximum atomic E-state index is 12.2. The molecule has 1 unspecified atom stereocenters. The molecule has 0 saturated carbocycles. The predicted octanol–water partition coefficient (Wildman–Crippen LogP) is 4.49. The van der Waals surface area contributed by atoms with Crippen molar-refractivity contribution in [2.75, 3.05) is 5.32 Å². The molecular weight excluding hydrogens is 260 g/mol. The summed E-state index contributed by atoms with van der Waals surface area (Å²) in [5, 5.41) is 5.94. The Morgan fingerprint density at radius 1 is 0.905 bits per heavy atom. The lowest BCUT2D eigenvalue weighted by atomic mass is 10.0. The number of para-hydroxylation sites is 1. The van der Waals surface area contributed by atoms with E-state index >= 15 is 0 Å². The Bertz CT molecular complexity index is 629. The van der Waals surface area contributed by atoms with Crippen LogP contribution in [0.25, 0.3) is 0 Å². The number of aryl methyl sites for hydroxylation is 3. The van der Waals surface area contributed by atoms with Gasteiger partial charge in [-0.05, 0) is 49.9 Å². The highest BCUT2D eigenvalue weighted by Crippen LogP contribution is 2.20. The van der Waals surface area contributed by atoms with Crippen molar-refractivity contribution in [3.8, 4) is 0 Å².